The Kier molecular flexibility index (Phi) is 5.35. The summed E-state index contributed by atoms with van der Waals surface area (Å²) in [7, 11) is 0. The van der Waals surface area contributed by atoms with E-state index in [2.05, 4.69) is 4.74 Å². The molecule has 0 bridgehead atoms. The van der Waals surface area contributed by atoms with Gasteiger partial charge in [0.1, 0.15) is 5.82 Å². The number of hydrogen-bond acceptors (Lipinski definition) is 6. The number of aromatic nitrogens is 1. The van der Waals surface area contributed by atoms with Crippen LogP contribution in [0.25, 0.3) is 10.9 Å². The number of pyridine rings is 1. The fraction of sp³-hybridized carbons (Fsp3) is 0.292. The number of nitrogen functional groups attached to an aromatic ring is 1. The number of ether oxygens (including phenoxy) is 1. The summed E-state index contributed by atoms with van der Waals surface area (Å²) in [6.07, 6.45) is 1.55. The van der Waals surface area contributed by atoms with E-state index in [4.69, 9.17) is 10.8 Å². The zero-order valence-corrected chi connectivity index (χ0v) is 18.2. The second-order valence-corrected chi connectivity index (χ2v) is 8.55. The number of carboxylic acid groups (broad SMARTS) is 1. The maximum atomic E-state index is 15.1. The zero-order valence-electron chi connectivity index (χ0n) is 18.2. The molecule has 34 heavy (non-hydrogen) atoms. The molecule has 1 aliphatic carbocycles. The Balaban J connectivity index is 1.42. The number of rotatable bonds is 4. The predicted molar refractivity (Wildman–Crippen MR) is 124 cm³/mol. The molecule has 176 valence electrons. The normalized spacial score (nSPS) is 16.0. The summed E-state index contributed by atoms with van der Waals surface area (Å²) in [5.74, 6) is -1.03. The third-order valence-corrected chi connectivity index (χ3v) is 6.27. The van der Waals surface area contributed by atoms with E-state index in [9.17, 15) is 14.4 Å². The van der Waals surface area contributed by atoms with Gasteiger partial charge >= 0.3 is 6.16 Å². The monoisotopic (exact) mass is 466 g/mol. The van der Waals surface area contributed by atoms with Crippen molar-refractivity contribution in [3.63, 3.8) is 0 Å². The molecule has 0 radical (unpaired) electrons. The summed E-state index contributed by atoms with van der Waals surface area (Å²) in [5, 5.41) is 9.01. The first kappa shape index (κ1) is 21.7. The van der Waals surface area contributed by atoms with Gasteiger partial charge in [-0.25, -0.2) is 9.18 Å². The summed E-state index contributed by atoms with van der Waals surface area (Å²) >= 11 is 0. The fourth-order valence-electron chi connectivity index (χ4n) is 4.36. The number of halogens is 1. The number of amides is 1. The highest BCUT2D eigenvalue weighted by Gasteiger charge is 2.29. The molecule has 0 atom stereocenters. The van der Waals surface area contributed by atoms with Crippen molar-refractivity contribution < 1.29 is 23.8 Å². The average Bonchev–Trinajstić information content (AvgIpc) is 3.66. The van der Waals surface area contributed by atoms with Crippen molar-refractivity contribution >= 4 is 34.3 Å². The van der Waals surface area contributed by atoms with Gasteiger partial charge in [-0.15, -0.1) is 0 Å². The third kappa shape index (κ3) is 4.02. The van der Waals surface area contributed by atoms with Crippen molar-refractivity contribution in [2.75, 3.05) is 36.8 Å². The summed E-state index contributed by atoms with van der Waals surface area (Å²) < 4.78 is 21.6. The highest BCUT2D eigenvalue weighted by atomic mass is 19.1. The molecule has 1 aliphatic heterocycles. The minimum absolute atomic E-state index is 0.0732. The quantitative estimate of drug-likeness (QED) is 0.448. The lowest BCUT2D eigenvalue weighted by Crippen LogP contribution is -2.49. The first-order valence-electron chi connectivity index (χ1n) is 11.0. The molecule has 10 heteroatoms. The van der Waals surface area contributed by atoms with Crippen LogP contribution in [0.3, 0.4) is 0 Å². The van der Waals surface area contributed by atoms with Crippen LogP contribution in [0, 0.1) is 5.82 Å². The van der Waals surface area contributed by atoms with Crippen LogP contribution in [-0.4, -0.2) is 52.8 Å². The van der Waals surface area contributed by atoms with E-state index < -0.39 is 17.4 Å². The molecule has 2 aliphatic rings. The summed E-state index contributed by atoms with van der Waals surface area (Å²) in [4.78, 5) is 40.1. The molecule has 0 spiro atoms. The van der Waals surface area contributed by atoms with E-state index >= 15 is 4.39 Å². The summed E-state index contributed by atoms with van der Waals surface area (Å²) in [5.41, 5.74) is 7.03. The maximum absolute atomic E-state index is 15.1. The molecule has 3 N–H and O–H groups in total. The number of nitrogens with two attached hydrogens (primary N) is 1. The fourth-order valence-corrected chi connectivity index (χ4v) is 4.36. The Morgan fingerprint density at radius 2 is 1.74 bits per heavy atom. The van der Waals surface area contributed by atoms with Crippen molar-refractivity contribution in [3.05, 3.63) is 64.2 Å². The summed E-state index contributed by atoms with van der Waals surface area (Å²) in [6, 6.07) is 9.62. The number of fused-ring (bicyclic) bond motifs is 1. The standard InChI is InChI=1S/C24H23FN4O5/c25-18-11-17-19(29(16-5-6-16)13-21(22(17)30)34-24(32)33)12-20(18)27-7-9-28(10-8-27)23(31)14-1-3-15(26)4-2-14/h1-4,11-13,16H,5-10,26H2,(H,32,33). The third-order valence-electron chi connectivity index (χ3n) is 6.27. The van der Waals surface area contributed by atoms with E-state index in [0.717, 1.165) is 18.9 Å². The van der Waals surface area contributed by atoms with Crippen molar-refractivity contribution in [1.29, 1.82) is 0 Å². The lowest BCUT2D eigenvalue weighted by molar-refractivity contribution is 0.0746. The van der Waals surface area contributed by atoms with E-state index in [0.29, 0.717) is 48.6 Å². The van der Waals surface area contributed by atoms with Crippen molar-refractivity contribution in [2.24, 2.45) is 0 Å². The minimum atomic E-state index is -1.60. The number of hydrogen-bond donors (Lipinski definition) is 2. The van der Waals surface area contributed by atoms with E-state index in [1.807, 2.05) is 4.90 Å². The van der Waals surface area contributed by atoms with Gasteiger partial charge in [-0.3, -0.25) is 9.59 Å². The number of carbonyl (C=O) groups is 2. The molecule has 1 saturated heterocycles. The highest BCUT2D eigenvalue weighted by Crippen LogP contribution is 2.39. The Morgan fingerprint density at radius 3 is 2.35 bits per heavy atom. The SMILES string of the molecule is Nc1ccc(C(=O)N2CCN(c3cc4c(cc3F)c(=O)c(OC(=O)O)cn4C3CC3)CC2)cc1. The number of nitrogens with zero attached hydrogens (tertiary/aromatic N) is 3. The number of piperazine rings is 1. The zero-order chi connectivity index (χ0) is 24.0. The highest BCUT2D eigenvalue weighted by molar-refractivity contribution is 5.94. The van der Waals surface area contributed by atoms with Gasteiger partial charge in [-0.2, -0.15) is 0 Å². The second kappa shape index (κ2) is 8.36. The molecule has 0 unspecified atom stereocenters. The van der Waals surface area contributed by atoms with Crippen molar-refractivity contribution in [1.82, 2.24) is 9.47 Å². The van der Waals surface area contributed by atoms with Crippen LogP contribution >= 0.6 is 0 Å². The molecule has 3 aromatic rings. The Bertz CT molecular complexity index is 1340. The molecular formula is C24H23FN4O5. The van der Waals surface area contributed by atoms with Gasteiger partial charge in [0.05, 0.1) is 22.8 Å². The maximum Gasteiger partial charge on any atom is 0.511 e. The van der Waals surface area contributed by atoms with Crippen LogP contribution in [0.4, 0.5) is 20.6 Å². The van der Waals surface area contributed by atoms with Gasteiger partial charge in [-0.1, -0.05) is 0 Å². The van der Waals surface area contributed by atoms with Crippen LogP contribution in [0.15, 0.2) is 47.4 Å². The topological polar surface area (TPSA) is 118 Å². The van der Waals surface area contributed by atoms with Gasteiger partial charge < -0.3 is 29.9 Å². The Morgan fingerprint density at radius 1 is 1.06 bits per heavy atom. The van der Waals surface area contributed by atoms with Crippen LogP contribution < -0.4 is 20.8 Å². The molecule has 2 fully saturated rings. The van der Waals surface area contributed by atoms with Crippen molar-refractivity contribution in [3.8, 4) is 5.75 Å². The van der Waals surface area contributed by atoms with Crippen molar-refractivity contribution in [2.45, 2.75) is 18.9 Å². The lowest BCUT2D eigenvalue weighted by Gasteiger charge is -2.36. The molecule has 2 heterocycles. The van der Waals surface area contributed by atoms with Gasteiger partial charge in [0, 0.05) is 43.5 Å². The van der Waals surface area contributed by atoms with Crippen LogP contribution in [0.1, 0.15) is 29.2 Å². The first-order valence-corrected chi connectivity index (χ1v) is 11.0. The summed E-state index contributed by atoms with van der Waals surface area (Å²) in [6.45, 7) is 1.69. The van der Waals surface area contributed by atoms with Gasteiger partial charge in [0.25, 0.3) is 5.91 Å². The average molecular weight is 466 g/mol. The smallest absolute Gasteiger partial charge is 0.449 e. The van der Waals surface area contributed by atoms with E-state index in [1.54, 1.807) is 39.8 Å². The van der Waals surface area contributed by atoms with E-state index in [1.165, 1.54) is 6.20 Å². The molecular weight excluding hydrogens is 443 g/mol. The number of anilines is 2. The predicted octanol–water partition coefficient (Wildman–Crippen LogP) is 3.08. The molecule has 1 aromatic heterocycles. The second-order valence-electron chi connectivity index (χ2n) is 8.55. The van der Waals surface area contributed by atoms with E-state index in [-0.39, 0.29) is 23.1 Å². The Hall–Kier alpha value is -4.08. The minimum Gasteiger partial charge on any atom is -0.449 e. The lowest BCUT2D eigenvalue weighted by atomic mass is 10.1. The van der Waals surface area contributed by atoms with Crippen LogP contribution in [0.5, 0.6) is 5.75 Å². The molecule has 9 nitrogen and oxygen atoms in total. The molecule has 1 saturated carbocycles. The Labute approximate surface area is 193 Å². The van der Waals surface area contributed by atoms with Gasteiger partial charge in [0.2, 0.25) is 5.43 Å². The van der Waals surface area contributed by atoms with Crippen LogP contribution in [-0.2, 0) is 0 Å². The first-order chi connectivity index (χ1) is 16.3. The number of benzene rings is 2. The van der Waals surface area contributed by atoms with Crippen LogP contribution in [0.2, 0.25) is 0 Å². The van der Waals surface area contributed by atoms with Gasteiger partial charge in [-0.05, 0) is 49.2 Å². The molecule has 1 amide bonds. The molecule has 2 aromatic carbocycles. The largest absolute Gasteiger partial charge is 0.511 e. The molecule has 5 rings (SSSR count). The van der Waals surface area contributed by atoms with Gasteiger partial charge in [0.15, 0.2) is 5.75 Å². The number of carbonyl (C=O) groups excluding carboxylic acids is 1.